The molecular weight excluding hydrogens is 420 g/mol. The van der Waals surface area contributed by atoms with Crippen molar-refractivity contribution in [3.8, 4) is 22.6 Å². The van der Waals surface area contributed by atoms with E-state index in [1.807, 2.05) is 36.4 Å². The third-order valence-electron chi connectivity index (χ3n) is 6.76. The Bertz CT molecular complexity index is 877. The Labute approximate surface area is 194 Å². The van der Waals surface area contributed by atoms with E-state index in [4.69, 9.17) is 9.47 Å². The lowest BCUT2D eigenvalue weighted by Crippen LogP contribution is -2.21. The summed E-state index contributed by atoms with van der Waals surface area (Å²) in [4.78, 5) is 6.77. The predicted octanol–water partition coefficient (Wildman–Crippen LogP) is 4.56. The second-order valence-electron chi connectivity index (χ2n) is 9.09. The maximum atomic E-state index is 12.9. The summed E-state index contributed by atoms with van der Waals surface area (Å²) < 4.78 is 25.0. The molecule has 2 aromatic carbocycles. The molecule has 5 nitrogen and oxygen atoms in total. The first-order valence-electron chi connectivity index (χ1n) is 12.2. The van der Waals surface area contributed by atoms with Gasteiger partial charge in [0.25, 0.3) is 0 Å². The smallest absolute Gasteiger partial charge is 0.119 e. The average Bonchev–Trinajstić information content (AvgIpc) is 3.57. The molecule has 2 saturated heterocycles. The van der Waals surface area contributed by atoms with Gasteiger partial charge in [0.1, 0.15) is 11.5 Å². The van der Waals surface area contributed by atoms with E-state index < -0.39 is 10.8 Å². The Morgan fingerprint density at radius 1 is 0.688 bits per heavy atom. The average molecular weight is 455 g/mol. The molecule has 0 spiro atoms. The molecule has 172 valence electrons. The van der Waals surface area contributed by atoms with Gasteiger partial charge in [-0.25, -0.2) is 4.21 Å². The van der Waals surface area contributed by atoms with Crippen molar-refractivity contribution in [1.29, 1.82) is 0 Å². The van der Waals surface area contributed by atoms with Crippen LogP contribution < -0.4 is 9.47 Å². The minimum absolute atomic E-state index is 0.714. The molecule has 0 N–H and O–H groups in total. The highest BCUT2D eigenvalue weighted by atomic mass is 32.2. The van der Waals surface area contributed by atoms with E-state index in [-0.39, 0.29) is 0 Å². The largest absolute Gasteiger partial charge is 0.494 e. The van der Waals surface area contributed by atoms with Crippen molar-refractivity contribution in [2.45, 2.75) is 48.3 Å². The second-order valence-corrected chi connectivity index (χ2v) is 10.5. The minimum atomic E-state index is -1.13. The van der Waals surface area contributed by atoms with Crippen molar-refractivity contribution in [1.82, 2.24) is 9.80 Å². The highest BCUT2D eigenvalue weighted by Gasteiger charge is 2.26. The Morgan fingerprint density at radius 2 is 1.12 bits per heavy atom. The summed E-state index contributed by atoms with van der Waals surface area (Å²) in [6, 6.07) is 11.9. The molecule has 3 aliphatic heterocycles. The number of fused-ring (bicyclic) bond motifs is 3. The Morgan fingerprint density at radius 3 is 1.56 bits per heavy atom. The summed E-state index contributed by atoms with van der Waals surface area (Å²) in [5.74, 6) is 1.71. The van der Waals surface area contributed by atoms with Gasteiger partial charge < -0.3 is 19.3 Å². The van der Waals surface area contributed by atoms with Crippen LogP contribution in [0.3, 0.4) is 0 Å². The first-order chi connectivity index (χ1) is 15.8. The minimum Gasteiger partial charge on any atom is -0.494 e. The van der Waals surface area contributed by atoms with Crippen molar-refractivity contribution >= 4 is 10.8 Å². The van der Waals surface area contributed by atoms with Crippen molar-refractivity contribution in [3.63, 3.8) is 0 Å². The molecule has 0 unspecified atom stereocenters. The van der Waals surface area contributed by atoms with Crippen LogP contribution in [0.5, 0.6) is 11.5 Å². The Hall–Kier alpha value is -1.89. The highest BCUT2D eigenvalue weighted by molar-refractivity contribution is 7.85. The zero-order chi connectivity index (χ0) is 21.8. The molecule has 0 amide bonds. The van der Waals surface area contributed by atoms with Crippen LogP contribution in [0.25, 0.3) is 11.1 Å². The van der Waals surface area contributed by atoms with Crippen LogP contribution in [0.15, 0.2) is 46.2 Å². The van der Waals surface area contributed by atoms with Gasteiger partial charge in [0, 0.05) is 24.2 Å². The number of hydrogen-bond donors (Lipinski definition) is 0. The van der Waals surface area contributed by atoms with Gasteiger partial charge in [0.2, 0.25) is 0 Å². The van der Waals surface area contributed by atoms with Gasteiger partial charge in [-0.05, 0) is 101 Å². The maximum absolute atomic E-state index is 12.9. The Kier molecular flexibility index (Phi) is 7.10. The number of ether oxygens (including phenoxy) is 2. The zero-order valence-electron chi connectivity index (χ0n) is 18.9. The second kappa shape index (κ2) is 10.4. The molecular formula is C26H34N2O3S. The van der Waals surface area contributed by atoms with Gasteiger partial charge in [-0.15, -0.1) is 0 Å². The van der Waals surface area contributed by atoms with E-state index in [0.29, 0.717) is 13.2 Å². The fraction of sp³-hybridized carbons (Fsp3) is 0.538. The van der Waals surface area contributed by atoms with E-state index >= 15 is 0 Å². The van der Waals surface area contributed by atoms with E-state index in [9.17, 15) is 4.21 Å². The molecule has 0 aliphatic carbocycles. The number of benzene rings is 2. The number of nitrogens with zero attached hydrogens (tertiary/aromatic N) is 2. The normalized spacial score (nSPS) is 18.8. The summed E-state index contributed by atoms with van der Waals surface area (Å²) in [6.07, 6.45) is 7.38. The molecule has 0 atom stereocenters. The molecule has 0 saturated carbocycles. The summed E-state index contributed by atoms with van der Waals surface area (Å²) in [7, 11) is -1.13. The highest BCUT2D eigenvalue weighted by Crippen LogP contribution is 2.43. The van der Waals surface area contributed by atoms with Crippen LogP contribution in [-0.2, 0) is 10.8 Å². The molecule has 32 heavy (non-hydrogen) atoms. The van der Waals surface area contributed by atoms with Crippen molar-refractivity contribution < 1.29 is 13.7 Å². The molecule has 0 radical (unpaired) electrons. The van der Waals surface area contributed by atoms with Crippen LogP contribution in [0, 0.1) is 0 Å². The van der Waals surface area contributed by atoms with Crippen LogP contribution >= 0.6 is 0 Å². The van der Waals surface area contributed by atoms with Gasteiger partial charge in [-0.3, -0.25) is 0 Å². The predicted molar refractivity (Wildman–Crippen MR) is 128 cm³/mol. The van der Waals surface area contributed by atoms with E-state index in [2.05, 4.69) is 9.80 Å². The fourth-order valence-electron chi connectivity index (χ4n) is 5.03. The van der Waals surface area contributed by atoms with Crippen molar-refractivity contribution in [2.24, 2.45) is 0 Å². The van der Waals surface area contributed by atoms with Crippen molar-refractivity contribution in [3.05, 3.63) is 36.4 Å². The summed E-state index contributed by atoms with van der Waals surface area (Å²) >= 11 is 0. The summed E-state index contributed by atoms with van der Waals surface area (Å²) in [6.45, 7) is 8.55. The monoisotopic (exact) mass is 454 g/mol. The van der Waals surface area contributed by atoms with E-state index in [0.717, 1.165) is 58.3 Å². The number of hydrogen-bond acceptors (Lipinski definition) is 5. The summed E-state index contributed by atoms with van der Waals surface area (Å²) in [5.41, 5.74) is 2.02. The van der Waals surface area contributed by atoms with Gasteiger partial charge in [0.05, 0.1) is 33.8 Å². The van der Waals surface area contributed by atoms with Gasteiger partial charge in [-0.1, -0.05) is 0 Å². The lowest BCUT2D eigenvalue weighted by atomic mass is 10.1. The molecule has 6 heteroatoms. The number of rotatable bonds is 10. The van der Waals surface area contributed by atoms with E-state index in [1.165, 1.54) is 51.9 Å². The standard InChI is InChI=1S/C26H34N2O3S/c29-32-25-9-7-21(30-17-5-15-27-11-1-2-12-27)19-23(25)24-20-22(8-10-26(24)32)31-18-6-16-28-13-3-4-14-28/h7-10,19-20H,1-6,11-18H2. The third kappa shape index (κ3) is 5.03. The third-order valence-corrected chi connectivity index (χ3v) is 8.27. The quantitative estimate of drug-likeness (QED) is 0.420. The zero-order valence-corrected chi connectivity index (χ0v) is 19.7. The van der Waals surface area contributed by atoms with Crippen LogP contribution in [-0.4, -0.2) is 66.5 Å². The van der Waals surface area contributed by atoms with Gasteiger partial charge in [-0.2, -0.15) is 0 Å². The summed E-state index contributed by atoms with van der Waals surface area (Å²) in [5, 5.41) is 0. The Balaban J connectivity index is 1.19. The van der Waals surface area contributed by atoms with Crippen LogP contribution in [0.4, 0.5) is 0 Å². The van der Waals surface area contributed by atoms with E-state index in [1.54, 1.807) is 0 Å². The topological polar surface area (TPSA) is 42.0 Å². The first kappa shape index (κ1) is 21.9. The lowest BCUT2D eigenvalue weighted by Gasteiger charge is -2.15. The molecule has 2 aromatic rings. The van der Waals surface area contributed by atoms with Crippen LogP contribution in [0.2, 0.25) is 0 Å². The molecule has 2 fully saturated rings. The van der Waals surface area contributed by atoms with Crippen LogP contribution in [0.1, 0.15) is 38.5 Å². The maximum Gasteiger partial charge on any atom is 0.119 e. The lowest BCUT2D eigenvalue weighted by molar-refractivity contribution is 0.263. The molecule has 3 heterocycles. The first-order valence-corrected chi connectivity index (χ1v) is 13.3. The van der Waals surface area contributed by atoms with Crippen molar-refractivity contribution in [2.75, 3.05) is 52.5 Å². The molecule has 3 aliphatic rings. The fourth-order valence-corrected chi connectivity index (χ4v) is 6.39. The molecule has 0 aromatic heterocycles. The molecule has 0 bridgehead atoms. The molecule has 5 rings (SSSR count). The number of likely N-dealkylation sites (tertiary alicyclic amines) is 2. The van der Waals surface area contributed by atoms with Gasteiger partial charge >= 0.3 is 0 Å². The SMILES string of the molecule is O=S1c2ccc(OCCCN3CCCC3)cc2-c2cc(OCCCN3CCCC3)ccc21. The van der Waals surface area contributed by atoms with Gasteiger partial charge in [0.15, 0.2) is 0 Å².